The molecule has 1 aromatic heterocycles. The molecule has 0 saturated heterocycles. The van der Waals surface area contributed by atoms with Crippen LogP contribution in [0, 0.1) is 6.92 Å². The zero-order valence-corrected chi connectivity index (χ0v) is 9.76. The molecule has 1 N–H and O–H groups in total. The predicted octanol–water partition coefficient (Wildman–Crippen LogP) is 1.22. The smallest absolute Gasteiger partial charge is 0.305 e. The molecule has 0 bridgehead atoms. The zero-order valence-electron chi connectivity index (χ0n) is 9.76. The van der Waals surface area contributed by atoms with Crippen LogP contribution in [0.25, 0.3) is 0 Å². The molecule has 6 nitrogen and oxygen atoms in total. The quantitative estimate of drug-likeness (QED) is 0.630. The van der Waals surface area contributed by atoms with Crippen LogP contribution in [0.15, 0.2) is 12.3 Å². The first kappa shape index (κ1) is 13.0. The Morgan fingerprint density at radius 3 is 2.29 bits per heavy atom. The van der Waals surface area contributed by atoms with E-state index in [9.17, 15) is 14.7 Å². The van der Waals surface area contributed by atoms with Crippen molar-refractivity contribution < 1.29 is 24.2 Å². The van der Waals surface area contributed by atoms with E-state index in [1.54, 1.807) is 6.92 Å². The number of esters is 2. The Kier molecular flexibility index (Phi) is 4.03. The van der Waals surface area contributed by atoms with Crippen LogP contribution in [0.1, 0.15) is 31.4 Å². The summed E-state index contributed by atoms with van der Waals surface area (Å²) in [6, 6.07) is 1.42. The summed E-state index contributed by atoms with van der Waals surface area (Å²) in [5.41, 5.74) is 0.537. The van der Waals surface area contributed by atoms with Crippen molar-refractivity contribution in [3.05, 3.63) is 23.5 Å². The van der Waals surface area contributed by atoms with Gasteiger partial charge in [0.05, 0.1) is 11.3 Å². The summed E-state index contributed by atoms with van der Waals surface area (Å²) in [7, 11) is 0. The van der Waals surface area contributed by atoms with Gasteiger partial charge in [-0.3, -0.25) is 14.6 Å². The lowest BCUT2D eigenvalue weighted by molar-refractivity contribution is -0.186. The van der Waals surface area contributed by atoms with E-state index in [2.05, 4.69) is 4.98 Å². The SMILES string of the molecule is CC(=O)OC(OC(C)=O)c1ccnc(C)c1O. The summed E-state index contributed by atoms with van der Waals surface area (Å²) >= 11 is 0. The number of carbonyl (C=O) groups is 2. The summed E-state index contributed by atoms with van der Waals surface area (Å²) in [4.78, 5) is 25.6. The molecule has 0 amide bonds. The van der Waals surface area contributed by atoms with Gasteiger partial charge in [-0.25, -0.2) is 0 Å². The fourth-order valence-electron chi connectivity index (χ4n) is 1.22. The number of nitrogens with zero attached hydrogens (tertiary/aromatic N) is 1. The van der Waals surface area contributed by atoms with Crippen molar-refractivity contribution in [3.63, 3.8) is 0 Å². The molecule has 0 radical (unpaired) electrons. The highest BCUT2D eigenvalue weighted by atomic mass is 16.7. The molecule has 0 aliphatic heterocycles. The minimum absolute atomic E-state index is 0.167. The lowest BCUT2D eigenvalue weighted by Crippen LogP contribution is -2.15. The minimum Gasteiger partial charge on any atom is -0.505 e. The summed E-state index contributed by atoms with van der Waals surface area (Å²) in [6.07, 6.45) is 0.163. The molecule has 0 fully saturated rings. The van der Waals surface area contributed by atoms with E-state index < -0.39 is 18.2 Å². The fraction of sp³-hybridized carbons (Fsp3) is 0.364. The molecule has 1 heterocycles. The number of pyridine rings is 1. The Morgan fingerprint density at radius 1 is 1.29 bits per heavy atom. The Balaban J connectivity index is 3.07. The summed E-state index contributed by atoms with van der Waals surface area (Å²) in [6.45, 7) is 3.95. The number of ether oxygens (including phenoxy) is 2. The van der Waals surface area contributed by atoms with Crippen molar-refractivity contribution in [3.8, 4) is 5.75 Å². The van der Waals surface area contributed by atoms with E-state index in [1.165, 1.54) is 26.1 Å². The standard InChI is InChI=1S/C11H13NO5/c1-6-10(15)9(4-5-12-6)11(16-7(2)13)17-8(3)14/h4-5,11,15H,1-3H3. The van der Waals surface area contributed by atoms with Crippen LogP contribution in [0.4, 0.5) is 0 Å². The highest BCUT2D eigenvalue weighted by Crippen LogP contribution is 2.29. The van der Waals surface area contributed by atoms with Crippen molar-refractivity contribution in [1.82, 2.24) is 4.98 Å². The molecule has 0 saturated carbocycles. The van der Waals surface area contributed by atoms with Gasteiger partial charge in [0.2, 0.25) is 0 Å². The minimum atomic E-state index is -1.26. The third-order valence-corrected chi connectivity index (χ3v) is 1.94. The molecule has 0 aliphatic rings. The molecule has 6 heteroatoms. The van der Waals surface area contributed by atoms with Crippen LogP contribution in [-0.2, 0) is 19.1 Å². The van der Waals surface area contributed by atoms with Gasteiger partial charge in [0.1, 0.15) is 5.75 Å². The van der Waals surface area contributed by atoms with Crippen LogP contribution < -0.4 is 0 Å². The second-order valence-electron chi connectivity index (χ2n) is 3.38. The number of hydrogen-bond donors (Lipinski definition) is 1. The van der Waals surface area contributed by atoms with E-state index in [0.29, 0.717) is 5.69 Å². The van der Waals surface area contributed by atoms with E-state index in [1.807, 2.05) is 0 Å². The summed E-state index contributed by atoms with van der Waals surface area (Å²) in [5, 5.41) is 9.75. The average molecular weight is 239 g/mol. The van der Waals surface area contributed by atoms with Crippen molar-refractivity contribution >= 4 is 11.9 Å². The van der Waals surface area contributed by atoms with Crippen LogP contribution in [0.3, 0.4) is 0 Å². The molecule has 1 aromatic rings. The summed E-state index contributed by atoms with van der Waals surface area (Å²) < 4.78 is 9.63. The van der Waals surface area contributed by atoms with Gasteiger partial charge < -0.3 is 14.6 Å². The Bertz CT molecular complexity index is 427. The Morgan fingerprint density at radius 2 is 1.82 bits per heavy atom. The van der Waals surface area contributed by atoms with Crippen molar-refractivity contribution in [2.75, 3.05) is 0 Å². The van der Waals surface area contributed by atoms with E-state index in [0.717, 1.165) is 0 Å². The van der Waals surface area contributed by atoms with Gasteiger partial charge in [-0.1, -0.05) is 0 Å². The Labute approximate surface area is 98.2 Å². The van der Waals surface area contributed by atoms with Gasteiger partial charge in [-0.2, -0.15) is 0 Å². The van der Waals surface area contributed by atoms with Gasteiger partial charge >= 0.3 is 11.9 Å². The van der Waals surface area contributed by atoms with Crippen molar-refractivity contribution in [2.45, 2.75) is 27.1 Å². The lowest BCUT2D eigenvalue weighted by atomic mass is 10.2. The third kappa shape index (κ3) is 3.44. The number of aromatic nitrogens is 1. The second-order valence-corrected chi connectivity index (χ2v) is 3.38. The number of hydrogen-bond acceptors (Lipinski definition) is 6. The number of aryl methyl sites for hydroxylation is 1. The topological polar surface area (TPSA) is 85.7 Å². The third-order valence-electron chi connectivity index (χ3n) is 1.94. The highest BCUT2D eigenvalue weighted by molar-refractivity contribution is 5.68. The average Bonchev–Trinajstić information content (AvgIpc) is 2.19. The normalized spacial score (nSPS) is 10.1. The number of rotatable bonds is 3. The molecule has 0 aromatic carbocycles. The van der Waals surface area contributed by atoms with E-state index >= 15 is 0 Å². The second kappa shape index (κ2) is 5.29. The fourth-order valence-corrected chi connectivity index (χ4v) is 1.22. The predicted molar refractivity (Wildman–Crippen MR) is 56.9 cm³/mol. The lowest BCUT2D eigenvalue weighted by Gasteiger charge is -2.18. The number of carbonyl (C=O) groups excluding carboxylic acids is 2. The molecule has 0 spiro atoms. The summed E-state index contributed by atoms with van der Waals surface area (Å²) in [5.74, 6) is -1.41. The molecule has 1 rings (SSSR count). The number of aromatic hydroxyl groups is 1. The molecule has 0 atom stereocenters. The largest absolute Gasteiger partial charge is 0.505 e. The van der Waals surface area contributed by atoms with Gasteiger partial charge in [-0.15, -0.1) is 0 Å². The van der Waals surface area contributed by atoms with E-state index in [-0.39, 0.29) is 11.3 Å². The van der Waals surface area contributed by atoms with Gasteiger partial charge in [0, 0.05) is 20.0 Å². The molecular weight excluding hydrogens is 226 g/mol. The van der Waals surface area contributed by atoms with Crippen molar-refractivity contribution in [2.24, 2.45) is 0 Å². The van der Waals surface area contributed by atoms with Gasteiger partial charge in [0.25, 0.3) is 6.29 Å². The van der Waals surface area contributed by atoms with Crippen LogP contribution >= 0.6 is 0 Å². The maximum absolute atomic E-state index is 10.9. The zero-order chi connectivity index (χ0) is 13.0. The first-order chi connectivity index (χ1) is 7.91. The van der Waals surface area contributed by atoms with Crippen molar-refractivity contribution in [1.29, 1.82) is 0 Å². The first-order valence-electron chi connectivity index (χ1n) is 4.90. The van der Waals surface area contributed by atoms with Crippen LogP contribution in [0.2, 0.25) is 0 Å². The molecule has 0 unspecified atom stereocenters. The maximum atomic E-state index is 10.9. The molecular formula is C11H13NO5. The molecule has 17 heavy (non-hydrogen) atoms. The molecule has 92 valence electrons. The van der Waals surface area contributed by atoms with Gasteiger partial charge in [0.15, 0.2) is 0 Å². The van der Waals surface area contributed by atoms with E-state index in [4.69, 9.17) is 9.47 Å². The highest BCUT2D eigenvalue weighted by Gasteiger charge is 2.22. The van der Waals surface area contributed by atoms with Gasteiger partial charge in [-0.05, 0) is 13.0 Å². The van der Waals surface area contributed by atoms with Crippen LogP contribution in [-0.4, -0.2) is 22.0 Å². The van der Waals surface area contributed by atoms with Crippen LogP contribution in [0.5, 0.6) is 5.75 Å². The monoisotopic (exact) mass is 239 g/mol. The Hall–Kier alpha value is -2.11. The first-order valence-corrected chi connectivity index (χ1v) is 4.90. The maximum Gasteiger partial charge on any atom is 0.305 e. The molecule has 0 aliphatic carbocycles.